The summed E-state index contributed by atoms with van der Waals surface area (Å²) in [5.74, 6) is 6.27. The van der Waals surface area contributed by atoms with Gasteiger partial charge in [-0.2, -0.15) is 0 Å². The monoisotopic (exact) mass is 367 g/mol. The molecular formula is C16H15BrClNO2. The van der Waals surface area contributed by atoms with Gasteiger partial charge in [-0.1, -0.05) is 12.0 Å². The highest BCUT2D eigenvalue weighted by Gasteiger charge is 2.27. The van der Waals surface area contributed by atoms with Crippen LogP contribution in [-0.4, -0.2) is 29.8 Å². The molecule has 1 heterocycles. The summed E-state index contributed by atoms with van der Waals surface area (Å²) < 4.78 is 6.37. The predicted molar refractivity (Wildman–Crippen MR) is 88.1 cm³/mol. The number of carbonyl (C=O) groups is 1. The summed E-state index contributed by atoms with van der Waals surface area (Å²) in [5.41, 5.74) is 1.78. The third-order valence-corrected chi connectivity index (χ3v) is 4.20. The zero-order valence-electron chi connectivity index (χ0n) is 11.8. The lowest BCUT2D eigenvalue weighted by Gasteiger charge is -2.28. The summed E-state index contributed by atoms with van der Waals surface area (Å²) >= 11 is 9.50. The van der Waals surface area contributed by atoms with Gasteiger partial charge in [-0.25, -0.2) is 0 Å². The molecule has 0 bridgehead atoms. The number of amides is 1. The van der Waals surface area contributed by atoms with Crippen molar-refractivity contribution in [3.63, 3.8) is 0 Å². The Balaban J connectivity index is 2.24. The fourth-order valence-electron chi connectivity index (χ4n) is 2.06. The molecule has 1 unspecified atom stereocenters. The number of benzene rings is 1. The first kappa shape index (κ1) is 15.9. The number of ether oxygens (including phenoxy) is 1. The van der Waals surface area contributed by atoms with Gasteiger partial charge in [-0.05, 0) is 47.5 Å². The molecule has 0 aliphatic carbocycles. The number of rotatable bonds is 3. The zero-order chi connectivity index (χ0) is 15.4. The Morgan fingerprint density at radius 2 is 2.29 bits per heavy atom. The minimum absolute atomic E-state index is 0.0837. The summed E-state index contributed by atoms with van der Waals surface area (Å²) in [6, 6.07) is 5.66. The van der Waals surface area contributed by atoms with E-state index in [1.807, 2.05) is 24.3 Å². The second kappa shape index (κ2) is 7.02. The second-order valence-electron chi connectivity index (χ2n) is 4.55. The summed E-state index contributed by atoms with van der Waals surface area (Å²) in [7, 11) is 1.73. The van der Waals surface area contributed by atoms with Gasteiger partial charge in [0.25, 0.3) is 0 Å². The first-order valence-corrected chi connectivity index (χ1v) is 7.71. The van der Waals surface area contributed by atoms with Crippen LogP contribution in [-0.2, 0) is 4.79 Å². The fourth-order valence-corrected chi connectivity index (χ4v) is 2.85. The third-order valence-electron chi connectivity index (χ3n) is 3.18. The van der Waals surface area contributed by atoms with Gasteiger partial charge in [-0.3, -0.25) is 4.79 Å². The molecule has 21 heavy (non-hydrogen) atoms. The van der Waals surface area contributed by atoms with E-state index in [9.17, 15) is 4.79 Å². The largest absolute Gasteiger partial charge is 0.481 e. The van der Waals surface area contributed by atoms with Crippen molar-refractivity contribution in [2.24, 2.45) is 0 Å². The van der Waals surface area contributed by atoms with Gasteiger partial charge < -0.3 is 9.64 Å². The summed E-state index contributed by atoms with van der Waals surface area (Å²) in [6.07, 6.45) is 2.51. The van der Waals surface area contributed by atoms with E-state index in [-0.39, 0.29) is 5.91 Å². The predicted octanol–water partition coefficient (Wildman–Crippen LogP) is 3.66. The van der Waals surface area contributed by atoms with Crippen LogP contribution in [0.2, 0.25) is 0 Å². The quantitative estimate of drug-likeness (QED) is 0.602. The van der Waals surface area contributed by atoms with Crippen molar-refractivity contribution >= 4 is 39.1 Å². The number of halogens is 2. The van der Waals surface area contributed by atoms with Gasteiger partial charge >= 0.3 is 0 Å². The van der Waals surface area contributed by atoms with Gasteiger partial charge in [0.1, 0.15) is 17.7 Å². The zero-order valence-corrected chi connectivity index (χ0v) is 14.2. The molecule has 1 aromatic rings. The number of hydrogen-bond donors (Lipinski definition) is 0. The molecule has 0 saturated carbocycles. The number of alkyl halides is 1. The maximum atomic E-state index is 12.0. The highest BCUT2D eigenvalue weighted by molar-refractivity contribution is 9.10. The molecule has 1 aliphatic heterocycles. The first-order valence-electron chi connectivity index (χ1n) is 6.48. The van der Waals surface area contributed by atoms with Crippen LogP contribution in [0.15, 0.2) is 28.7 Å². The average molecular weight is 369 g/mol. The standard InChI is InChI=1S/C16H15BrClNO2/c1-3-4-9-21-11-5-6-12(13(17)10-11)15-8-7-14(18)16(20)19(15)2/h5-6,8,10,14H,7,9H2,1-2H3. The van der Waals surface area contributed by atoms with Crippen LogP contribution in [0, 0.1) is 11.8 Å². The lowest BCUT2D eigenvalue weighted by Crippen LogP contribution is -2.35. The van der Waals surface area contributed by atoms with Crippen molar-refractivity contribution in [1.82, 2.24) is 4.90 Å². The minimum atomic E-state index is -0.479. The molecule has 0 fully saturated rings. The number of hydrogen-bond acceptors (Lipinski definition) is 2. The van der Waals surface area contributed by atoms with Crippen molar-refractivity contribution in [2.75, 3.05) is 13.7 Å². The molecule has 0 spiro atoms. The molecule has 0 aromatic heterocycles. The van der Waals surface area contributed by atoms with Gasteiger partial charge in [0, 0.05) is 22.8 Å². The molecule has 1 aliphatic rings. The smallest absolute Gasteiger partial charge is 0.245 e. The minimum Gasteiger partial charge on any atom is -0.481 e. The molecule has 0 N–H and O–H groups in total. The Morgan fingerprint density at radius 3 is 2.95 bits per heavy atom. The van der Waals surface area contributed by atoms with Gasteiger partial charge in [0.2, 0.25) is 5.91 Å². The summed E-state index contributed by atoms with van der Waals surface area (Å²) in [4.78, 5) is 13.5. The Bertz CT molecular complexity index is 645. The van der Waals surface area contributed by atoms with E-state index in [1.54, 1.807) is 18.9 Å². The van der Waals surface area contributed by atoms with Crippen molar-refractivity contribution in [3.05, 3.63) is 34.3 Å². The maximum absolute atomic E-state index is 12.0. The second-order valence-corrected chi connectivity index (χ2v) is 5.93. The van der Waals surface area contributed by atoms with E-state index < -0.39 is 5.38 Å². The van der Waals surface area contributed by atoms with Gasteiger partial charge in [0.05, 0.1) is 0 Å². The van der Waals surface area contributed by atoms with E-state index in [0.29, 0.717) is 13.0 Å². The van der Waals surface area contributed by atoms with Crippen LogP contribution in [0.3, 0.4) is 0 Å². The van der Waals surface area contributed by atoms with Crippen LogP contribution in [0.5, 0.6) is 5.75 Å². The van der Waals surface area contributed by atoms with Crippen LogP contribution < -0.4 is 4.74 Å². The van der Waals surface area contributed by atoms with E-state index in [4.69, 9.17) is 16.3 Å². The van der Waals surface area contributed by atoms with Crippen LogP contribution >= 0.6 is 27.5 Å². The molecule has 1 aromatic carbocycles. The normalized spacial score (nSPS) is 17.9. The number of allylic oxidation sites excluding steroid dienone is 1. The van der Waals surface area contributed by atoms with E-state index in [2.05, 4.69) is 27.8 Å². The SMILES string of the molecule is CC#CCOc1ccc(C2=CCC(Cl)C(=O)N2C)c(Br)c1. The Labute approximate surface area is 138 Å². The molecule has 1 amide bonds. The van der Waals surface area contributed by atoms with Crippen LogP contribution in [0.4, 0.5) is 0 Å². The Hall–Kier alpha value is -1.44. The van der Waals surface area contributed by atoms with Gasteiger partial charge in [0.15, 0.2) is 0 Å². The molecule has 2 rings (SSSR count). The van der Waals surface area contributed by atoms with Crippen molar-refractivity contribution in [2.45, 2.75) is 18.7 Å². The molecule has 1 atom stereocenters. The van der Waals surface area contributed by atoms with Crippen molar-refractivity contribution in [1.29, 1.82) is 0 Å². The molecule has 3 nitrogen and oxygen atoms in total. The van der Waals surface area contributed by atoms with E-state index in [1.165, 1.54) is 0 Å². The molecule has 0 radical (unpaired) electrons. The molecular weight excluding hydrogens is 354 g/mol. The Morgan fingerprint density at radius 1 is 1.52 bits per heavy atom. The third kappa shape index (κ3) is 3.61. The van der Waals surface area contributed by atoms with Crippen LogP contribution in [0.1, 0.15) is 18.9 Å². The lowest BCUT2D eigenvalue weighted by atomic mass is 10.0. The molecule has 0 saturated heterocycles. The summed E-state index contributed by atoms with van der Waals surface area (Å²) in [6.45, 7) is 2.13. The number of carbonyl (C=O) groups excluding carboxylic acids is 1. The highest BCUT2D eigenvalue weighted by Crippen LogP contribution is 2.33. The topological polar surface area (TPSA) is 29.5 Å². The van der Waals surface area contributed by atoms with E-state index in [0.717, 1.165) is 21.5 Å². The van der Waals surface area contributed by atoms with Crippen molar-refractivity contribution in [3.8, 4) is 17.6 Å². The lowest BCUT2D eigenvalue weighted by molar-refractivity contribution is -0.126. The van der Waals surface area contributed by atoms with E-state index >= 15 is 0 Å². The molecule has 5 heteroatoms. The molecule has 110 valence electrons. The summed E-state index contributed by atoms with van der Waals surface area (Å²) in [5, 5.41) is -0.479. The highest BCUT2D eigenvalue weighted by atomic mass is 79.9. The van der Waals surface area contributed by atoms with Crippen LogP contribution in [0.25, 0.3) is 5.70 Å². The number of nitrogens with zero attached hydrogens (tertiary/aromatic N) is 1. The first-order chi connectivity index (χ1) is 10.0. The van der Waals surface area contributed by atoms with Gasteiger partial charge in [-0.15, -0.1) is 17.5 Å². The maximum Gasteiger partial charge on any atom is 0.245 e. The van der Waals surface area contributed by atoms with Crippen molar-refractivity contribution < 1.29 is 9.53 Å². The Kier molecular flexibility index (Phi) is 5.33. The average Bonchev–Trinajstić information content (AvgIpc) is 2.46. The fraction of sp³-hybridized carbons (Fsp3) is 0.312.